The largest absolute Gasteiger partial charge is 0.329 e. The smallest absolute Gasteiger partial charge is 0.164 e. The molecule has 0 bridgehead atoms. The maximum atomic E-state index is 12.2. The highest BCUT2D eigenvalue weighted by Gasteiger charge is 2.49. The summed E-state index contributed by atoms with van der Waals surface area (Å²) < 4.78 is 24.3. The van der Waals surface area contributed by atoms with E-state index in [4.69, 9.17) is 5.73 Å². The van der Waals surface area contributed by atoms with Crippen molar-refractivity contribution < 1.29 is 8.42 Å². The number of hydrogen-bond donors (Lipinski definition) is 1. The van der Waals surface area contributed by atoms with E-state index >= 15 is 0 Å². The monoisotopic (exact) mass is 320 g/mol. The molecule has 0 aromatic heterocycles. The van der Waals surface area contributed by atoms with E-state index in [0.29, 0.717) is 18.2 Å². The Morgan fingerprint density at radius 1 is 1.40 bits per heavy atom. The number of rotatable bonds is 3. The van der Waals surface area contributed by atoms with E-state index in [-0.39, 0.29) is 10.9 Å². The van der Waals surface area contributed by atoms with Crippen LogP contribution in [0.5, 0.6) is 0 Å². The first-order valence-corrected chi connectivity index (χ1v) is 10.7. The van der Waals surface area contributed by atoms with Crippen molar-refractivity contribution in [2.75, 3.05) is 30.9 Å². The number of nitrogens with zero attached hydrogens (tertiary/aromatic N) is 1. The SMILES string of the molecule is CC1CCC(CN)(N2CCSCC2S(C)(=O)=O)C(C)C1. The lowest BCUT2D eigenvalue weighted by molar-refractivity contribution is -0.00329. The third-order valence-electron chi connectivity index (χ3n) is 5.25. The van der Waals surface area contributed by atoms with Crippen LogP contribution < -0.4 is 5.73 Å². The Bertz CT molecular complexity index is 440. The molecular formula is C14H28N2O2S2. The highest BCUT2D eigenvalue weighted by Crippen LogP contribution is 2.43. The van der Waals surface area contributed by atoms with Gasteiger partial charge in [0.1, 0.15) is 5.37 Å². The second kappa shape index (κ2) is 6.15. The molecule has 2 fully saturated rings. The first-order valence-electron chi connectivity index (χ1n) is 7.54. The van der Waals surface area contributed by atoms with Crippen molar-refractivity contribution in [2.45, 2.75) is 44.0 Å². The zero-order chi connectivity index (χ0) is 15.0. The third kappa shape index (κ3) is 3.03. The molecule has 118 valence electrons. The minimum atomic E-state index is -3.06. The van der Waals surface area contributed by atoms with Crippen LogP contribution in [0, 0.1) is 11.8 Å². The van der Waals surface area contributed by atoms with Gasteiger partial charge in [-0.25, -0.2) is 8.42 Å². The molecule has 1 aliphatic carbocycles. The van der Waals surface area contributed by atoms with Crippen LogP contribution in [0.4, 0.5) is 0 Å². The highest BCUT2D eigenvalue weighted by molar-refractivity contribution is 8.00. The Morgan fingerprint density at radius 2 is 2.10 bits per heavy atom. The molecular weight excluding hydrogens is 292 g/mol. The summed E-state index contributed by atoms with van der Waals surface area (Å²) in [6.07, 6.45) is 4.71. The summed E-state index contributed by atoms with van der Waals surface area (Å²) in [6, 6.07) is 0. The molecule has 20 heavy (non-hydrogen) atoms. The molecule has 1 heterocycles. The molecule has 2 aliphatic rings. The number of thioether (sulfide) groups is 1. The van der Waals surface area contributed by atoms with Crippen molar-refractivity contribution in [3.05, 3.63) is 0 Å². The summed E-state index contributed by atoms with van der Waals surface area (Å²) in [5, 5.41) is -0.361. The van der Waals surface area contributed by atoms with Gasteiger partial charge in [-0.1, -0.05) is 13.8 Å². The van der Waals surface area contributed by atoms with E-state index in [9.17, 15) is 8.42 Å². The van der Waals surface area contributed by atoms with Crippen LogP contribution in [0.1, 0.15) is 33.1 Å². The molecule has 4 nitrogen and oxygen atoms in total. The van der Waals surface area contributed by atoms with Gasteiger partial charge in [0.05, 0.1) is 0 Å². The molecule has 1 saturated heterocycles. The molecule has 4 atom stereocenters. The van der Waals surface area contributed by atoms with Crippen molar-refractivity contribution in [1.29, 1.82) is 0 Å². The fourth-order valence-electron chi connectivity index (χ4n) is 3.98. The Hall–Kier alpha value is 0.220. The lowest BCUT2D eigenvalue weighted by Crippen LogP contribution is -2.66. The van der Waals surface area contributed by atoms with E-state index < -0.39 is 9.84 Å². The summed E-state index contributed by atoms with van der Waals surface area (Å²) in [5.74, 6) is 2.88. The van der Waals surface area contributed by atoms with Crippen LogP contribution in [0.25, 0.3) is 0 Å². The van der Waals surface area contributed by atoms with Gasteiger partial charge in [-0.3, -0.25) is 4.90 Å². The van der Waals surface area contributed by atoms with Crippen molar-refractivity contribution in [2.24, 2.45) is 17.6 Å². The van der Waals surface area contributed by atoms with Crippen LogP contribution in [-0.4, -0.2) is 55.1 Å². The van der Waals surface area contributed by atoms with Crippen LogP contribution in [0.3, 0.4) is 0 Å². The number of sulfone groups is 1. The Kier molecular flexibility index (Phi) is 5.10. The lowest BCUT2D eigenvalue weighted by Gasteiger charge is -2.54. The minimum Gasteiger partial charge on any atom is -0.329 e. The van der Waals surface area contributed by atoms with Crippen molar-refractivity contribution >= 4 is 21.6 Å². The van der Waals surface area contributed by atoms with E-state index in [2.05, 4.69) is 18.7 Å². The zero-order valence-electron chi connectivity index (χ0n) is 12.8. The maximum Gasteiger partial charge on any atom is 0.164 e. The van der Waals surface area contributed by atoms with Crippen molar-refractivity contribution in [1.82, 2.24) is 4.90 Å². The molecule has 4 unspecified atom stereocenters. The first-order chi connectivity index (χ1) is 9.31. The quantitative estimate of drug-likeness (QED) is 0.855. The van der Waals surface area contributed by atoms with Crippen LogP contribution in [0.15, 0.2) is 0 Å². The summed E-state index contributed by atoms with van der Waals surface area (Å²) >= 11 is 1.75. The molecule has 6 heteroatoms. The van der Waals surface area contributed by atoms with Gasteiger partial charge in [0.25, 0.3) is 0 Å². The second-order valence-electron chi connectivity index (χ2n) is 6.64. The lowest BCUT2D eigenvalue weighted by atomic mass is 9.69. The summed E-state index contributed by atoms with van der Waals surface area (Å²) in [6.45, 7) is 5.95. The van der Waals surface area contributed by atoms with Crippen molar-refractivity contribution in [3.8, 4) is 0 Å². The molecule has 0 spiro atoms. The Balaban J connectivity index is 2.33. The molecule has 0 aromatic carbocycles. The molecule has 1 aliphatic heterocycles. The molecule has 1 saturated carbocycles. The van der Waals surface area contributed by atoms with E-state index in [0.717, 1.165) is 37.5 Å². The normalized spacial score (nSPS) is 40.7. The van der Waals surface area contributed by atoms with E-state index in [1.165, 1.54) is 6.26 Å². The fourth-order valence-corrected chi connectivity index (χ4v) is 6.90. The topological polar surface area (TPSA) is 63.4 Å². The average molecular weight is 321 g/mol. The third-order valence-corrected chi connectivity index (χ3v) is 7.89. The predicted octanol–water partition coefficient (Wildman–Crippen LogP) is 1.56. The molecule has 0 amide bonds. The van der Waals surface area contributed by atoms with Gasteiger partial charge in [0.15, 0.2) is 9.84 Å². The number of hydrogen-bond acceptors (Lipinski definition) is 5. The summed E-state index contributed by atoms with van der Waals surface area (Å²) in [7, 11) is -3.06. The van der Waals surface area contributed by atoms with Crippen LogP contribution in [-0.2, 0) is 9.84 Å². The van der Waals surface area contributed by atoms with Gasteiger partial charge in [0, 0.05) is 36.4 Å². The fraction of sp³-hybridized carbons (Fsp3) is 1.00. The van der Waals surface area contributed by atoms with Crippen molar-refractivity contribution in [3.63, 3.8) is 0 Å². The summed E-state index contributed by atoms with van der Waals surface area (Å²) in [5.41, 5.74) is 6.04. The van der Waals surface area contributed by atoms with Gasteiger partial charge in [-0.05, 0) is 31.1 Å². The zero-order valence-corrected chi connectivity index (χ0v) is 14.5. The van der Waals surface area contributed by atoms with Crippen LogP contribution >= 0.6 is 11.8 Å². The van der Waals surface area contributed by atoms with Gasteiger partial charge in [-0.15, -0.1) is 0 Å². The Labute approximate surface area is 127 Å². The van der Waals surface area contributed by atoms with Gasteiger partial charge in [0.2, 0.25) is 0 Å². The van der Waals surface area contributed by atoms with Crippen LogP contribution in [0.2, 0.25) is 0 Å². The standard InChI is InChI=1S/C14H28N2O2S2/c1-11-4-5-14(10-15,12(2)8-11)16-6-7-19-9-13(16)20(3,17)18/h11-13H,4-10,15H2,1-3H3. The molecule has 2 N–H and O–H groups in total. The first kappa shape index (κ1) is 16.6. The predicted molar refractivity (Wildman–Crippen MR) is 86.6 cm³/mol. The van der Waals surface area contributed by atoms with Gasteiger partial charge < -0.3 is 5.73 Å². The Morgan fingerprint density at radius 3 is 2.65 bits per heavy atom. The van der Waals surface area contributed by atoms with Gasteiger partial charge >= 0.3 is 0 Å². The van der Waals surface area contributed by atoms with Gasteiger partial charge in [-0.2, -0.15) is 11.8 Å². The molecule has 2 rings (SSSR count). The molecule has 0 aromatic rings. The second-order valence-corrected chi connectivity index (χ2v) is 9.99. The molecule has 0 radical (unpaired) electrons. The highest BCUT2D eigenvalue weighted by atomic mass is 32.2. The maximum absolute atomic E-state index is 12.2. The van der Waals surface area contributed by atoms with E-state index in [1.807, 2.05) is 0 Å². The van der Waals surface area contributed by atoms with E-state index in [1.54, 1.807) is 11.8 Å². The minimum absolute atomic E-state index is 0.124. The average Bonchev–Trinajstić information content (AvgIpc) is 2.39. The number of nitrogens with two attached hydrogens (primary N) is 1. The summed E-state index contributed by atoms with van der Waals surface area (Å²) in [4.78, 5) is 2.25.